The minimum atomic E-state index is 0.433. The second kappa shape index (κ2) is 17.2. The average molecular weight is 528 g/mol. The molecule has 0 bridgehead atoms. The number of hydrogen-bond donors (Lipinski definition) is 0. The van der Waals surface area contributed by atoms with Gasteiger partial charge in [-0.1, -0.05) is 87.9 Å². The predicted octanol–water partition coefficient (Wildman–Crippen LogP) is 10.7. The molecule has 2 aromatic carbocycles. The fourth-order valence-electron chi connectivity index (χ4n) is 5.12. The Balaban J connectivity index is 0.000000278. The minimum absolute atomic E-state index is 0.433. The van der Waals surface area contributed by atoms with E-state index < -0.39 is 0 Å². The Morgan fingerprint density at radius 2 is 1.46 bits per heavy atom. The van der Waals surface area contributed by atoms with E-state index in [2.05, 4.69) is 70.7 Å². The molecule has 0 spiro atoms. The van der Waals surface area contributed by atoms with Gasteiger partial charge >= 0.3 is 0 Å². The summed E-state index contributed by atoms with van der Waals surface area (Å²) in [5.74, 6) is 2.15. The molecule has 3 heteroatoms. The molecule has 1 unspecified atom stereocenters. The summed E-state index contributed by atoms with van der Waals surface area (Å²) in [5, 5.41) is 0.848. The van der Waals surface area contributed by atoms with Crippen LogP contribution in [-0.4, -0.2) is 24.1 Å². The molecule has 2 aliphatic rings. The first-order chi connectivity index (χ1) is 17.7. The first-order valence-electron chi connectivity index (χ1n) is 15.0. The molecule has 4 rings (SSSR count). The molecule has 0 radical (unpaired) electrons. The topological polar surface area (TPSA) is 12.5 Å². The van der Waals surface area contributed by atoms with Crippen LogP contribution in [0, 0.1) is 26.7 Å². The summed E-state index contributed by atoms with van der Waals surface area (Å²) >= 11 is 5.78. The molecule has 0 aromatic heterocycles. The fraction of sp³-hybridized carbons (Fsp3) is 0.647. The van der Waals surface area contributed by atoms with Crippen molar-refractivity contribution in [3.63, 3.8) is 0 Å². The zero-order chi connectivity index (χ0) is 27.2. The van der Waals surface area contributed by atoms with Crippen LogP contribution >= 0.6 is 11.6 Å². The highest BCUT2D eigenvalue weighted by molar-refractivity contribution is 6.31. The Bertz CT molecular complexity index is 895. The molecule has 0 N–H and O–H groups in total. The molecular weight excluding hydrogens is 474 g/mol. The third-order valence-corrected chi connectivity index (χ3v) is 8.23. The Morgan fingerprint density at radius 1 is 0.838 bits per heavy atom. The highest BCUT2D eigenvalue weighted by Gasteiger charge is 2.18. The second-order valence-corrected chi connectivity index (χ2v) is 11.8. The second-order valence-electron chi connectivity index (χ2n) is 11.4. The van der Waals surface area contributed by atoms with E-state index in [1.165, 1.54) is 94.0 Å². The van der Waals surface area contributed by atoms with Gasteiger partial charge in [0, 0.05) is 11.1 Å². The van der Waals surface area contributed by atoms with E-state index in [-0.39, 0.29) is 0 Å². The van der Waals surface area contributed by atoms with Crippen molar-refractivity contribution in [2.45, 2.75) is 125 Å². The van der Waals surface area contributed by atoms with Crippen LogP contribution in [0.2, 0.25) is 5.02 Å². The van der Waals surface area contributed by atoms with Gasteiger partial charge in [0.25, 0.3) is 0 Å². The first kappa shape index (κ1) is 31.7. The molecule has 0 aliphatic heterocycles. The number of ether oxygens (including phenoxy) is 1. The van der Waals surface area contributed by atoms with Crippen molar-refractivity contribution in [1.82, 2.24) is 4.90 Å². The van der Waals surface area contributed by atoms with Crippen molar-refractivity contribution in [2.75, 3.05) is 13.1 Å². The summed E-state index contributed by atoms with van der Waals surface area (Å²) < 4.78 is 6.26. The van der Waals surface area contributed by atoms with Crippen molar-refractivity contribution in [3.05, 3.63) is 63.7 Å². The minimum Gasteiger partial charge on any atom is -0.490 e. The largest absolute Gasteiger partial charge is 0.490 e. The number of rotatable bonds is 8. The van der Waals surface area contributed by atoms with Crippen molar-refractivity contribution >= 4 is 11.6 Å². The van der Waals surface area contributed by atoms with Gasteiger partial charge < -0.3 is 4.74 Å². The van der Waals surface area contributed by atoms with Crippen LogP contribution in [0.4, 0.5) is 0 Å². The van der Waals surface area contributed by atoms with E-state index >= 15 is 0 Å². The number of halogens is 1. The van der Waals surface area contributed by atoms with Crippen LogP contribution in [0.15, 0.2) is 36.4 Å². The van der Waals surface area contributed by atoms with Crippen LogP contribution < -0.4 is 4.74 Å². The highest BCUT2D eigenvalue weighted by atomic mass is 35.5. The van der Waals surface area contributed by atoms with Gasteiger partial charge in [0.1, 0.15) is 5.75 Å². The molecule has 0 saturated heterocycles. The molecule has 2 fully saturated rings. The van der Waals surface area contributed by atoms with Crippen LogP contribution in [0.25, 0.3) is 0 Å². The Hall–Kier alpha value is -1.51. The van der Waals surface area contributed by atoms with Crippen LogP contribution in [0.3, 0.4) is 0 Å². The van der Waals surface area contributed by atoms with Crippen molar-refractivity contribution in [1.29, 1.82) is 0 Å². The van der Waals surface area contributed by atoms with E-state index in [1.807, 2.05) is 19.1 Å². The third-order valence-electron chi connectivity index (χ3n) is 7.80. The molecule has 0 heterocycles. The predicted molar refractivity (Wildman–Crippen MR) is 163 cm³/mol. The van der Waals surface area contributed by atoms with Crippen molar-refractivity contribution in [2.24, 2.45) is 5.92 Å². The molecule has 2 aromatic rings. The van der Waals surface area contributed by atoms with Crippen LogP contribution in [0.5, 0.6) is 5.75 Å². The number of benzene rings is 2. The monoisotopic (exact) mass is 527 g/mol. The standard InChI is InChI=1S/C21H35NO.C8H9Cl.C5H10/c1-5-14-22(15-6-2)18(4)19-12-13-21(17(3)16-19)23-20-10-8-7-9-11-20;1-6-3-4-8(9)7(2)5-6;1-5-3-2-4-5/h12-13,16,18,20H,5-11,14-15H2,1-4H3;3-5H,1-2H3;5H,2-4H2,1H3. The normalized spacial score (nSPS) is 16.7. The van der Waals surface area contributed by atoms with Gasteiger partial charge in [-0.3, -0.25) is 4.90 Å². The maximum Gasteiger partial charge on any atom is 0.122 e. The Kier molecular flexibility index (Phi) is 14.7. The quantitative estimate of drug-likeness (QED) is 0.338. The molecule has 37 heavy (non-hydrogen) atoms. The van der Waals surface area contributed by atoms with E-state index in [1.54, 1.807) is 0 Å². The lowest BCUT2D eigenvalue weighted by atomic mass is 9.88. The molecule has 0 amide bonds. The summed E-state index contributed by atoms with van der Waals surface area (Å²) in [6, 6.07) is 13.3. The average Bonchev–Trinajstić information content (AvgIpc) is 2.87. The lowest BCUT2D eigenvalue weighted by Crippen LogP contribution is -2.28. The van der Waals surface area contributed by atoms with Gasteiger partial charge in [-0.25, -0.2) is 0 Å². The van der Waals surface area contributed by atoms with Gasteiger partial charge in [-0.2, -0.15) is 0 Å². The summed E-state index contributed by atoms with van der Waals surface area (Å²) in [4.78, 5) is 2.59. The van der Waals surface area contributed by atoms with E-state index in [4.69, 9.17) is 16.3 Å². The summed E-state index contributed by atoms with van der Waals surface area (Å²) in [5.41, 5.74) is 5.11. The molecule has 208 valence electrons. The lowest BCUT2D eigenvalue weighted by molar-refractivity contribution is 0.154. The summed E-state index contributed by atoms with van der Waals surface area (Å²) in [6.07, 6.45) is 13.8. The first-order valence-corrected chi connectivity index (χ1v) is 15.4. The third kappa shape index (κ3) is 11.4. The Morgan fingerprint density at radius 3 is 1.92 bits per heavy atom. The fourth-order valence-corrected chi connectivity index (χ4v) is 5.24. The lowest BCUT2D eigenvalue weighted by Gasteiger charge is -2.29. The van der Waals surface area contributed by atoms with Crippen molar-refractivity contribution in [3.8, 4) is 5.75 Å². The van der Waals surface area contributed by atoms with Gasteiger partial charge in [0.15, 0.2) is 0 Å². The van der Waals surface area contributed by atoms with Crippen molar-refractivity contribution < 1.29 is 4.74 Å². The zero-order valence-electron chi connectivity index (χ0n) is 24.9. The molecule has 1 atom stereocenters. The van der Waals surface area contributed by atoms with Gasteiger partial charge in [0.05, 0.1) is 6.10 Å². The molecule has 2 saturated carbocycles. The van der Waals surface area contributed by atoms with Gasteiger partial charge in [0.2, 0.25) is 0 Å². The SMILES string of the molecule is CC1CCC1.CCCN(CCC)C(C)c1ccc(OC2CCCCC2)c(C)c1.Cc1ccc(Cl)c(C)c1. The maximum atomic E-state index is 6.26. The Labute approximate surface area is 234 Å². The highest BCUT2D eigenvalue weighted by Crippen LogP contribution is 2.29. The van der Waals surface area contributed by atoms with E-state index in [9.17, 15) is 0 Å². The number of hydrogen-bond acceptors (Lipinski definition) is 2. The number of aryl methyl sites for hydroxylation is 3. The molecule has 2 nitrogen and oxygen atoms in total. The van der Waals surface area contributed by atoms with Crippen LogP contribution in [-0.2, 0) is 0 Å². The smallest absolute Gasteiger partial charge is 0.122 e. The van der Waals surface area contributed by atoms with E-state index in [0.717, 1.165) is 22.3 Å². The summed E-state index contributed by atoms with van der Waals surface area (Å²) in [6.45, 7) is 17.8. The van der Waals surface area contributed by atoms with Gasteiger partial charge in [-0.15, -0.1) is 0 Å². The number of nitrogens with zero attached hydrogens (tertiary/aromatic N) is 1. The maximum absolute atomic E-state index is 6.26. The van der Waals surface area contributed by atoms with Crippen LogP contribution in [0.1, 0.15) is 120 Å². The van der Waals surface area contributed by atoms with Gasteiger partial charge in [-0.05, 0) is 114 Å². The molecule has 2 aliphatic carbocycles. The molecular formula is C34H54ClNO. The summed E-state index contributed by atoms with van der Waals surface area (Å²) in [7, 11) is 0. The zero-order valence-corrected chi connectivity index (χ0v) is 25.7. The van der Waals surface area contributed by atoms with E-state index in [0.29, 0.717) is 12.1 Å².